The summed E-state index contributed by atoms with van der Waals surface area (Å²) in [5.74, 6) is 0.460. The lowest BCUT2D eigenvalue weighted by Gasteiger charge is -2.33. The minimum absolute atomic E-state index is 0.00794. The van der Waals surface area contributed by atoms with Gasteiger partial charge in [-0.25, -0.2) is 0 Å². The third-order valence-corrected chi connectivity index (χ3v) is 3.78. The van der Waals surface area contributed by atoms with Crippen molar-refractivity contribution in [2.45, 2.75) is 45.1 Å². The molecule has 1 aromatic carbocycles. The van der Waals surface area contributed by atoms with Crippen molar-refractivity contribution in [1.29, 1.82) is 0 Å². The summed E-state index contributed by atoms with van der Waals surface area (Å²) in [7, 11) is 1.62. The molecule has 110 valence electrons. The fourth-order valence-corrected chi connectivity index (χ4v) is 2.39. The quantitative estimate of drug-likeness (QED) is 0.831. The van der Waals surface area contributed by atoms with Gasteiger partial charge in [0.05, 0.1) is 13.0 Å². The van der Waals surface area contributed by atoms with Crippen molar-refractivity contribution in [2.75, 3.05) is 7.11 Å². The van der Waals surface area contributed by atoms with Gasteiger partial charge in [-0.2, -0.15) is 0 Å². The highest BCUT2D eigenvalue weighted by Crippen LogP contribution is 2.36. The Labute approximate surface area is 119 Å². The van der Waals surface area contributed by atoms with Gasteiger partial charge in [0.1, 0.15) is 6.10 Å². The molecule has 0 saturated heterocycles. The number of carboxylic acid groups (broad SMARTS) is 1. The van der Waals surface area contributed by atoms with Crippen molar-refractivity contribution < 1.29 is 19.4 Å². The highest BCUT2D eigenvalue weighted by atomic mass is 16.5. The number of aliphatic carboxylic acids is 1. The van der Waals surface area contributed by atoms with E-state index in [9.17, 15) is 4.79 Å². The topological polar surface area (TPSA) is 55.8 Å². The van der Waals surface area contributed by atoms with E-state index in [0.717, 1.165) is 25.0 Å². The number of carboxylic acids is 1. The lowest BCUT2D eigenvalue weighted by molar-refractivity contribution is -0.147. The van der Waals surface area contributed by atoms with E-state index in [2.05, 4.69) is 13.0 Å². The van der Waals surface area contributed by atoms with Crippen LogP contribution in [0.25, 0.3) is 0 Å². The third kappa shape index (κ3) is 3.44. The zero-order chi connectivity index (χ0) is 14.5. The molecule has 0 aliphatic heterocycles. The number of rotatable bonds is 7. The number of hydrogen-bond donors (Lipinski definition) is 1. The molecule has 1 saturated carbocycles. The maximum atomic E-state index is 10.8. The zero-order valence-electron chi connectivity index (χ0n) is 12.1. The van der Waals surface area contributed by atoms with E-state index in [-0.39, 0.29) is 12.0 Å². The molecule has 0 amide bonds. The van der Waals surface area contributed by atoms with Crippen LogP contribution in [-0.2, 0) is 11.2 Å². The van der Waals surface area contributed by atoms with Crippen LogP contribution < -0.4 is 9.47 Å². The molecule has 1 N–H and O–H groups in total. The van der Waals surface area contributed by atoms with Gasteiger partial charge >= 0.3 is 5.97 Å². The first kappa shape index (κ1) is 14.7. The zero-order valence-corrected chi connectivity index (χ0v) is 12.1. The second-order valence-electron chi connectivity index (χ2n) is 5.34. The molecule has 4 nitrogen and oxygen atoms in total. The van der Waals surface area contributed by atoms with Gasteiger partial charge in [-0.15, -0.1) is 0 Å². The highest BCUT2D eigenvalue weighted by molar-refractivity contribution is 5.71. The van der Waals surface area contributed by atoms with Crippen molar-refractivity contribution >= 4 is 5.97 Å². The Balaban J connectivity index is 2.00. The maximum Gasteiger partial charge on any atom is 0.306 e. The first-order chi connectivity index (χ1) is 9.63. The van der Waals surface area contributed by atoms with Crippen LogP contribution in [0.2, 0.25) is 0 Å². The van der Waals surface area contributed by atoms with E-state index in [1.165, 1.54) is 5.56 Å². The van der Waals surface area contributed by atoms with E-state index in [4.69, 9.17) is 14.6 Å². The molecule has 0 radical (unpaired) electrons. The molecular weight excluding hydrogens is 256 g/mol. The smallest absolute Gasteiger partial charge is 0.306 e. The van der Waals surface area contributed by atoms with Crippen LogP contribution in [-0.4, -0.2) is 24.3 Å². The number of ether oxygens (including phenoxy) is 2. The van der Waals surface area contributed by atoms with Gasteiger partial charge in [-0.05, 0) is 43.4 Å². The van der Waals surface area contributed by atoms with Crippen LogP contribution in [0.5, 0.6) is 11.5 Å². The molecule has 0 bridgehead atoms. The number of hydrogen-bond acceptors (Lipinski definition) is 3. The van der Waals surface area contributed by atoms with Crippen LogP contribution >= 0.6 is 0 Å². The summed E-state index contributed by atoms with van der Waals surface area (Å²) in [6.07, 6.45) is 4.49. The van der Waals surface area contributed by atoms with Crippen LogP contribution in [0.1, 0.15) is 38.2 Å². The van der Waals surface area contributed by atoms with E-state index in [0.29, 0.717) is 18.6 Å². The van der Waals surface area contributed by atoms with E-state index in [1.54, 1.807) is 7.11 Å². The molecule has 0 atom stereocenters. The fraction of sp³-hybridized carbons (Fsp3) is 0.562. The van der Waals surface area contributed by atoms with E-state index in [1.807, 2.05) is 12.1 Å². The number of unbranched alkanes of at least 4 members (excludes halogenated alkanes) is 1. The summed E-state index contributed by atoms with van der Waals surface area (Å²) >= 11 is 0. The molecule has 4 heteroatoms. The minimum Gasteiger partial charge on any atom is -0.493 e. The molecule has 2 rings (SSSR count). The Morgan fingerprint density at radius 1 is 1.35 bits per heavy atom. The minimum atomic E-state index is -0.728. The maximum absolute atomic E-state index is 10.8. The van der Waals surface area contributed by atoms with Gasteiger partial charge < -0.3 is 14.6 Å². The van der Waals surface area contributed by atoms with E-state index < -0.39 is 5.97 Å². The monoisotopic (exact) mass is 278 g/mol. The molecule has 0 unspecified atom stereocenters. The summed E-state index contributed by atoms with van der Waals surface area (Å²) in [4.78, 5) is 10.8. The number of carbonyl (C=O) groups is 1. The molecule has 1 aliphatic rings. The second kappa shape index (κ2) is 6.64. The Hall–Kier alpha value is -1.71. The van der Waals surface area contributed by atoms with Crippen LogP contribution in [0, 0.1) is 5.92 Å². The first-order valence-corrected chi connectivity index (χ1v) is 7.20. The number of aryl methyl sites for hydroxylation is 1. The predicted molar refractivity (Wildman–Crippen MR) is 76.4 cm³/mol. The number of methoxy groups -OCH3 is 1. The molecule has 1 aromatic rings. The van der Waals surface area contributed by atoms with Gasteiger partial charge in [0.2, 0.25) is 0 Å². The van der Waals surface area contributed by atoms with Crippen LogP contribution in [0.4, 0.5) is 0 Å². The molecule has 1 fully saturated rings. The Morgan fingerprint density at radius 3 is 2.70 bits per heavy atom. The average Bonchev–Trinajstić information content (AvgIpc) is 2.39. The van der Waals surface area contributed by atoms with Gasteiger partial charge in [0.25, 0.3) is 0 Å². The van der Waals surface area contributed by atoms with Crippen molar-refractivity contribution in [3.8, 4) is 11.5 Å². The summed E-state index contributed by atoms with van der Waals surface area (Å²) < 4.78 is 11.2. The highest BCUT2D eigenvalue weighted by Gasteiger charge is 2.36. The van der Waals surface area contributed by atoms with Gasteiger partial charge in [-0.1, -0.05) is 19.4 Å². The molecule has 0 heterocycles. The summed E-state index contributed by atoms with van der Waals surface area (Å²) in [6, 6.07) is 6.00. The normalized spacial score (nSPS) is 21.1. The van der Waals surface area contributed by atoms with Crippen molar-refractivity contribution in [3.05, 3.63) is 23.8 Å². The average molecular weight is 278 g/mol. The number of benzene rings is 1. The van der Waals surface area contributed by atoms with Crippen molar-refractivity contribution in [2.24, 2.45) is 5.92 Å². The Bertz CT molecular complexity index is 464. The van der Waals surface area contributed by atoms with E-state index >= 15 is 0 Å². The second-order valence-corrected chi connectivity index (χ2v) is 5.34. The lowest BCUT2D eigenvalue weighted by Crippen LogP contribution is -2.38. The first-order valence-electron chi connectivity index (χ1n) is 7.20. The summed E-state index contributed by atoms with van der Waals surface area (Å²) in [5.41, 5.74) is 1.23. The standard InChI is InChI=1S/C16H22O4/c1-3-4-5-11-6-7-14(19-2)15(8-11)20-13-9-12(10-13)16(17)18/h6-8,12-13H,3-5,9-10H2,1-2H3,(H,17,18). The predicted octanol–water partition coefficient (Wildman–Crippen LogP) is 3.28. The third-order valence-electron chi connectivity index (χ3n) is 3.78. The lowest BCUT2D eigenvalue weighted by atomic mass is 9.82. The fourth-order valence-electron chi connectivity index (χ4n) is 2.39. The Kier molecular flexibility index (Phi) is 4.88. The summed E-state index contributed by atoms with van der Waals surface area (Å²) in [6.45, 7) is 2.17. The molecular formula is C16H22O4. The largest absolute Gasteiger partial charge is 0.493 e. The van der Waals surface area contributed by atoms with Crippen LogP contribution in [0.3, 0.4) is 0 Å². The van der Waals surface area contributed by atoms with Crippen molar-refractivity contribution in [3.63, 3.8) is 0 Å². The summed E-state index contributed by atoms with van der Waals surface area (Å²) in [5, 5.41) is 8.88. The Morgan fingerprint density at radius 2 is 2.10 bits per heavy atom. The van der Waals surface area contributed by atoms with Gasteiger partial charge in [0, 0.05) is 0 Å². The van der Waals surface area contributed by atoms with Gasteiger partial charge in [0.15, 0.2) is 11.5 Å². The van der Waals surface area contributed by atoms with Crippen molar-refractivity contribution in [1.82, 2.24) is 0 Å². The molecule has 20 heavy (non-hydrogen) atoms. The SMILES string of the molecule is CCCCc1ccc(OC)c(OC2CC(C(=O)O)C2)c1. The molecule has 1 aliphatic carbocycles. The molecule has 0 spiro atoms. The van der Waals surface area contributed by atoms with Gasteiger partial charge in [-0.3, -0.25) is 4.79 Å². The van der Waals surface area contributed by atoms with Crippen LogP contribution in [0.15, 0.2) is 18.2 Å². The molecule has 0 aromatic heterocycles.